The van der Waals surface area contributed by atoms with Gasteiger partial charge in [-0.3, -0.25) is 4.72 Å². The highest BCUT2D eigenvalue weighted by molar-refractivity contribution is 9.10. The summed E-state index contributed by atoms with van der Waals surface area (Å²) in [6.07, 6.45) is 0. The Balaban J connectivity index is 2.40. The minimum atomic E-state index is -3.90. The molecule has 0 saturated carbocycles. The number of sulfonamides is 1. The molecule has 0 aliphatic carbocycles. The SMILES string of the molecule is Nc1ccc(Cl)cc1S(=O)(=O)Nc1ccc(F)c(Br)c1. The second-order valence-electron chi connectivity index (χ2n) is 3.92. The van der Waals surface area contributed by atoms with Gasteiger partial charge in [0.25, 0.3) is 10.0 Å². The summed E-state index contributed by atoms with van der Waals surface area (Å²) in [5, 5.41) is 0.250. The van der Waals surface area contributed by atoms with Crippen LogP contribution in [0.25, 0.3) is 0 Å². The van der Waals surface area contributed by atoms with Crippen LogP contribution in [0.3, 0.4) is 0 Å². The van der Waals surface area contributed by atoms with Crippen LogP contribution < -0.4 is 10.5 Å². The minimum absolute atomic E-state index is 0.0723. The topological polar surface area (TPSA) is 72.2 Å². The fourth-order valence-corrected chi connectivity index (χ4v) is 3.33. The maximum Gasteiger partial charge on any atom is 0.263 e. The quantitative estimate of drug-likeness (QED) is 0.800. The van der Waals surface area contributed by atoms with Gasteiger partial charge in [-0.05, 0) is 52.3 Å². The second kappa shape index (κ2) is 5.59. The van der Waals surface area contributed by atoms with Crippen LogP contribution in [0.1, 0.15) is 0 Å². The van der Waals surface area contributed by atoms with E-state index in [4.69, 9.17) is 17.3 Å². The maximum absolute atomic E-state index is 13.1. The van der Waals surface area contributed by atoms with Crippen molar-refractivity contribution in [2.45, 2.75) is 4.90 Å². The maximum atomic E-state index is 13.1. The zero-order chi connectivity index (χ0) is 14.9. The van der Waals surface area contributed by atoms with E-state index in [2.05, 4.69) is 20.7 Å². The van der Waals surface area contributed by atoms with Crippen LogP contribution >= 0.6 is 27.5 Å². The van der Waals surface area contributed by atoms with E-state index in [1.165, 1.54) is 30.3 Å². The fourth-order valence-electron chi connectivity index (χ4n) is 1.51. The lowest BCUT2D eigenvalue weighted by molar-refractivity contribution is 0.601. The Labute approximate surface area is 128 Å². The molecule has 2 aromatic rings. The first-order chi connectivity index (χ1) is 9.29. The molecule has 2 aromatic carbocycles. The Bertz CT molecular complexity index is 768. The molecule has 0 bridgehead atoms. The monoisotopic (exact) mass is 378 g/mol. The van der Waals surface area contributed by atoms with Gasteiger partial charge in [-0.15, -0.1) is 0 Å². The van der Waals surface area contributed by atoms with E-state index < -0.39 is 15.8 Å². The molecule has 0 aliphatic rings. The van der Waals surface area contributed by atoms with E-state index in [0.29, 0.717) is 0 Å². The van der Waals surface area contributed by atoms with Crippen molar-refractivity contribution in [1.29, 1.82) is 0 Å². The van der Waals surface area contributed by atoms with Gasteiger partial charge < -0.3 is 5.73 Å². The van der Waals surface area contributed by atoms with Gasteiger partial charge in [0.05, 0.1) is 15.8 Å². The lowest BCUT2D eigenvalue weighted by Crippen LogP contribution is -2.14. The molecule has 4 nitrogen and oxygen atoms in total. The van der Waals surface area contributed by atoms with Gasteiger partial charge in [-0.2, -0.15) is 0 Å². The number of halogens is 3. The number of nitrogen functional groups attached to an aromatic ring is 1. The molecule has 0 radical (unpaired) electrons. The van der Waals surface area contributed by atoms with Gasteiger partial charge in [0.1, 0.15) is 10.7 Å². The molecule has 106 valence electrons. The highest BCUT2D eigenvalue weighted by Gasteiger charge is 2.18. The Morgan fingerprint density at radius 1 is 1.20 bits per heavy atom. The summed E-state index contributed by atoms with van der Waals surface area (Å²) in [5.74, 6) is -0.491. The van der Waals surface area contributed by atoms with Crippen molar-refractivity contribution >= 4 is 48.9 Å². The Morgan fingerprint density at radius 3 is 2.55 bits per heavy atom. The predicted molar refractivity (Wildman–Crippen MR) is 80.8 cm³/mol. The molecule has 0 aromatic heterocycles. The molecule has 0 aliphatic heterocycles. The summed E-state index contributed by atoms with van der Waals surface area (Å²) in [4.78, 5) is -0.134. The summed E-state index contributed by atoms with van der Waals surface area (Å²) in [6.45, 7) is 0. The average molecular weight is 380 g/mol. The summed E-state index contributed by atoms with van der Waals surface area (Å²) in [7, 11) is -3.90. The van der Waals surface area contributed by atoms with Crippen LogP contribution in [0, 0.1) is 5.82 Å². The molecule has 0 unspecified atom stereocenters. The third-order valence-electron chi connectivity index (χ3n) is 2.44. The van der Waals surface area contributed by atoms with E-state index in [1.807, 2.05) is 0 Å². The van der Waals surface area contributed by atoms with Crippen molar-refractivity contribution in [3.63, 3.8) is 0 Å². The Kier molecular flexibility index (Phi) is 4.22. The van der Waals surface area contributed by atoms with Gasteiger partial charge >= 0.3 is 0 Å². The molecular formula is C12H9BrClFN2O2S. The zero-order valence-electron chi connectivity index (χ0n) is 9.90. The van der Waals surface area contributed by atoms with E-state index >= 15 is 0 Å². The Morgan fingerprint density at radius 2 is 1.90 bits per heavy atom. The van der Waals surface area contributed by atoms with E-state index in [1.54, 1.807) is 0 Å². The predicted octanol–water partition coefficient (Wildman–Crippen LogP) is 3.62. The van der Waals surface area contributed by atoms with Gasteiger partial charge in [0, 0.05) is 5.02 Å². The zero-order valence-corrected chi connectivity index (χ0v) is 13.1. The van der Waals surface area contributed by atoms with Crippen LogP contribution in [-0.2, 0) is 10.0 Å². The molecule has 0 fully saturated rings. The number of nitrogens with two attached hydrogens (primary N) is 1. The molecule has 0 spiro atoms. The summed E-state index contributed by atoms with van der Waals surface area (Å²) in [6, 6.07) is 7.90. The van der Waals surface area contributed by atoms with E-state index in [0.717, 1.165) is 6.07 Å². The average Bonchev–Trinajstić information content (AvgIpc) is 2.36. The molecule has 0 atom stereocenters. The molecule has 20 heavy (non-hydrogen) atoms. The lowest BCUT2D eigenvalue weighted by atomic mass is 10.3. The highest BCUT2D eigenvalue weighted by Crippen LogP contribution is 2.26. The van der Waals surface area contributed by atoms with Gasteiger partial charge in [-0.1, -0.05) is 11.6 Å². The summed E-state index contributed by atoms with van der Waals surface area (Å²) in [5.41, 5.74) is 5.91. The smallest absolute Gasteiger partial charge is 0.263 e. The van der Waals surface area contributed by atoms with E-state index in [-0.39, 0.29) is 25.8 Å². The van der Waals surface area contributed by atoms with Crippen LogP contribution in [0.4, 0.5) is 15.8 Å². The molecule has 0 amide bonds. The lowest BCUT2D eigenvalue weighted by Gasteiger charge is -2.11. The first-order valence-electron chi connectivity index (χ1n) is 5.32. The summed E-state index contributed by atoms with van der Waals surface area (Å²) >= 11 is 8.75. The van der Waals surface area contributed by atoms with Crippen LogP contribution in [0.15, 0.2) is 45.8 Å². The standard InChI is InChI=1S/C12H9BrClFN2O2S/c13-9-6-8(2-3-10(9)15)17-20(18,19)12-5-7(14)1-4-11(12)16/h1-6,17H,16H2. The van der Waals surface area contributed by atoms with Crippen LogP contribution in [0.5, 0.6) is 0 Å². The van der Waals surface area contributed by atoms with Crippen LogP contribution in [-0.4, -0.2) is 8.42 Å². The normalized spacial score (nSPS) is 11.3. The highest BCUT2D eigenvalue weighted by atomic mass is 79.9. The molecule has 0 saturated heterocycles. The number of nitrogens with one attached hydrogen (secondary N) is 1. The van der Waals surface area contributed by atoms with Gasteiger partial charge in [0.15, 0.2) is 0 Å². The largest absolute Gasteiger partial charge is 0.398 e. The first-order valence-corrected chi connectivity index (χ1v) is 7.98. The first kappa shape index (κ1) is 15.1. The van der Waals surface area contributed by atoms with E-state index in [9.17, 15) is 12.8 Å². The third-order valence-corrected chi connectivity index (χ3v) is 4.72. The van der Waals surface area contributed by atoms with Crippen molar-refractivity contribution in [3.8, 4) is 0 Å². The minimum Gasteiger partial charge on any atom is -0.398 e. The van der Waals surface area contributed by atoms with Crippen molar-refractivity contribution in [3.05, 3.63) is 51.7 Å². The number of anilines is 2. The number of hydrogen-bond acceptors (Lipinski definition) is 3. The fraction of sp³-hybridized carbons (Fsp3) is 0. The molecule has 2 rings (SSSR count). The number of hydrogen-bond donors (Lipinski definition) is 2. The summed E-state index contributed by atoms with van der Waals surface area (Å²) < 4.78 is 40.0. The molecular weight excluding hydrogens is 371 g/mol. The van der Waals surface area contributed by atoms with Gasteiger partial charge in [-0.25, -0.2) is 12.8 Å². The number of benzene rings is 2. The molecule has 0 heterocycles. The number of rotatable bonds is 3. The van der Waals surface area contributed by atoms with Crippen LogP contribution in [0.2, 0.25) is 5.02 Å². The van der Waals surface area contributed by atoms with Crippen molar-refractivity contribution < 1.29 is 12.8 Å². The van der Waals surface area contributed by atoms with Crippen molar-refractivity contribution in [2.24, 2.45) is 0 Å². The van der Waals surface area contributed by atoms with Crippen molar-refractivity contribution in [1.82, 2.24) is 0 Å². The van der Waals surface area contributed by atoms with Gasteiger partial charge in [0.2, 0.25) is 0 Å². The second-order valence-corrected chi connectivity index (χ2v) is 6.86. The Hall–Kier alpha value is -1.31. The molecule has 8 heteroatoms. The third kappa shape index (κ3) is 3.23. The van der Waals surface area contributed by atoms with Crippen molar-refractivity contribution in [2.75, 3.05) is 10.5 Å². The molecule has 3 N–H and O–H groups in total.